The van der Waals surface area contributed by atoms with Gasteiger partial charge in [0.25, 0.3) is 0 Å². The van der Waals surface area contributed by atoms with E-state index in [2.05, 4.69) is 11.4 Å². The van der Waals surface area contributed by atoms with E-state index in [-0.39, 0.29) is 6.54 Å². The Bertz CT molecular complexity index is 807. The van der Waals surface area contributed by atoms with Crippen LogP contribution in [0.1, 0.15) is 42.1 Å². The Kier molecular flexibility index (Phi) is 6.15. The van der Waals surface area contributed by atoms with Crippen LogP contribution in [-0.4, -0.2) is 65.6 Å². The monoisotopic (exact) mass is 385 g/mol. The van der Waals surface area contributed by atoms with Crippen LogP contribution in [0.4, 0.5) is 5.82 Å². The standard InChI is InChI=1S/C20H27N5O3/c1-13(26)12-22-19(27)20(28)25-9-7-24(8-10-25)18-17(11-21)16-6-4-3-5-15(16)14(2)23-18/h13,26H,3-10,12H2,1-2H3,(H,22,27). The van der Waals surface area contributed by atoms with E-state index in [1.807, 2.05) is 11.8 Å². The van der Waals surface area contributed by atoms with Crippen LogP contribution in [-0.2, 0) is 22.4 Å². The minimum absolute atomic E-state index is 0.0500. The molecule has 1 aromatic rings. The van der Waals surface area contributed by atoms with E-state index in [0.29, 0.717) is 37.6 Å². The van der Waals surface area contributed by atoms with Crippen LogP contribution in [0.25, 0.3) is 0 Å². The molecule has 3 rings (SSSR count). The van der Waals surface area contributed by atoms with Crippen molar-refractivity contribution in [1.29, 1.82) is 5.26 Å². The van der Waals surface area contributed by atoms with Gasteiger partial charge in [-0.15, -0.1) is 0 Å². The highest BCUT2D eigenvalue weighted by Gasteiger charge is 2.29. The maximum atomic E-state index is 12.3. The van der Waals surface area contributed by atoms with E-state index >= 15 is 0 Å². The summed E-state index contributed by atoms with van der Waals surface area (Å²) in [5, 5.41) is 21.4. The molecule has 8 nitrogen and oxygen atoms in total. The fraction of sp³-hybridized carbons (Fsp3) is 0.600. The molecule has 0 radical (unpaired) electrons. The van der Waals surface area contributed by atoms with Gasteiger partial charge in [0.15, 0.2) is 0 Å². The first-order valence-corrected chi connectivity index (χ1v) is 9.85. The second kappa shape index (κ2) is 8.57. The number of nitrogens with one attached hydrogen (secondary N) is 1. The summed E-state index contributed by atoms with van der Waals surface area (Å²) in [4.78, 5) is 32.5. The zero-order chi connectivity index (χ0) is 20.3. The van der Waals surface area contributed by atoms with Crippen LogP contribution in [0.15, 0.2) is 0 Å². The van der Waals surface area contributed by atoms with Gasteiger partial charge in [0, 0.05) is 38.4 Å². The number of pyridine rings is 1. The first-order chi connectivity index (χ1) is 13.4. The van der Waals surface area contributed by atoms with E-state index in [4.69, 9.17) is 4.98 Å². The lowest BCUT2D eigenvalue weighted by Crippen LogP contribution is -2.53. The number of nitrogens with zero attached hydrogens (tertiary/aromatic N) is 4. The molecule has 0 aromatic carbocycles. The summed E-state index contributed by atoms with van der Waals surface area (Å²) in [6.45, 7) is 5.43. The normalized spacial score (nSPS) is 17.5. The molecule has 0 bridgehead atoms. The zero-order valence-electron chi connectivity index (χ0n) is 16.5. The van der Waals surface area contributed by atoms with Crippen LogP contribution in [0, 0.1) is 18.3 Å². The maximum absolute atomic E-state index is 12.3. The summed E-state index contributed by atoms with van der Waals surface area (Å²) in [5.41, 5.74) is 4.00. The number of hydrogen-bond donors (Lipinski definition) is 2. The number of carbonyl (C=O) groups is 2. The summed E-state index contributed by atoms with van der Waals surface area (Å²) in [6.07, 6.45) is 3.42. The van der Waals surface area contributed by atoms with Gasteiger partial charge in [0.1, 0.15) is 11.9 Å². The number of fused-ring (bicyclic) bond motifs is 1. The van der Waals surface area contributed by atoms with Crippen molar-refractivity contribution < 1.29 is 14.7 Å². The fourth-order valence-electron chi connectivity index (χ4n) is 3.92. The lowest BCUT2D eigenvalue weighted by Gasteiger charge is -2.36. The summed E-state index contributed by atoms with van der Waals surface area (Å²) in [6, 6.07) is 2.36. The number of aliphatic hydroxyl groups is 1. The molecular weight excluding hydrogens is 358 g/mol. The molecule has 1 aliphatic heterocycles. The maximum Gasteiger partial charge on any atom is 0.312 e. The van der Waals surface area contributed by atoms with Crippen LogP contribution in [0.2, 0.25) is 0 Å². The molecule has 2 N–H and O–H groups in total. The molecule has 8 heteroatoms. The van der Waals surface area contributed by atoms with Gasteiger partial charge in [-0.1, -0.05) is 0 Å². The molecule has 0 saturated carbocycles. The second-order valence-electron chi connectivity index (χ2n) is 7.51. The molecule has 1 aromatic heterocycles. The highest BCUT2D eigenvalue weighted by atomic mass is 16.3. The number of carbonyl (C=O) groups excluding carboxylic acids is 2. The van der Waals surface area contributed by atoms with Crippen molar-refractivity contribution >= 4 is 17.6 Å². The molecule has 0 spiro atoms. The first kappa shape index (κ1) is 20.1. The predicted octanol–water partition coefficient (Wildman–Crippen LogP) is 0.286. The van der Waals surface area contributed by atoms with E-state index in [1.165, 1.54) is 10.5 Å². The Morgan fingerprint density at radius 1 is 1.21 bits per heavy atom. The van der Waals surface area contributed by atoms with Crippen molar-refractivity contribution in [2.75, 3.05) is 37.6 Å². The van der Waals surface area contributed by atoms with Crippen LogP contribution < -0.4 is 10.2 Å². The van der Waals surface area contributed by atoms with Gasteiger partial charge in [0.2, 0.25) is 0 Å². The molecule has 1 atom stereocenters. The summed E-state index contributed by atoms with van der Waals surface area (Å²) in [5.74, 6) is -0.587. The Hall–Kier alpha value is -2.66. The van der Waals surface area contributed by atoms with Gasteiger partial charge in [-0.2, -0.15) is 5.26 Å². The summed E-state index contributed by atoms with van der Waals surface area (Å²) < 4.78 is 0. The first-order valence-electron chi connectivity index (χ1n) is 9.85. The number of piperazine rings is 1. The summed E-state index contributed by atoms with van der Waals surface area (Å²) >= 11 is 0. The smallest absolute Gasteiger partial charge is 0.312 e. The number of rotatable bonds is 3. The lowest BCUT2D eigenvalue weighted by molar-refractivity contribution is -0.146. The van der Waals surface area contributed by atoms with Crippen molar-refractivity contribution in [2.24, 2.45) is 0 Å². The molecule has 2 aliphatic rings. The Morgan fingerprint density at radius 2 is 1.86 bits per heavy atom. The molecule has 2 amide bonds. The number of aromatic nitrogens is 1. The fourth-order valence-corrected chi connectivity index (χ4v) is 3.92. The molecule has 1 fully saturated rings. The molecule has 1 unspecified atom stereocenters. The SMILES string of the molecule is Cc1nc(N2CCN(C(=O)C(=O)NCC(C)O)CC2)c(C#N)c2c1CCCC2. The zero-order valence-corrected chi connectivity index (χ0v) is 16.5. The molecule has 150 valence electrons. The quantitative estimate of drug-likeness (QED) is 0.724. The van der Waals surface area contributed by atoms with Gasteiger partial charge in [-0.3, -0.25) is 9.59 Å². The molecule has 1 aliphatic carbocycles. The van der Waals surface area contributed by atoms with Crippen molar-refractivity contribution in [3.8, 4) is 6.07 Å². The molecule has 1 saturated heterocycles. The van der Waals surface area contributed by atoms with Crippen molar-refractivity contribution in [1.82, 2.24) is 15.2 Å². The van der Waals surface area contributed by atoms with Crippen molar-refractivity contribution in [3.05, 3.63) is 22.4 Å². The van der Waals surface area contributed by atoms with Crippen LogP contribution in [0.3, 0.4) is 0 Å². The number of nitriles is 1. The average molecular weight is 385 g/mol. The average Bonchev–Trinajstić information content (AvgIpc) is 2.71. The number of anilines is 1. The van der Waals surface area contributed by atoms with E-state index < -0.39 is 17.9 Å². The minimum Gasteiger partial charge on any atom is -0.392 e. The number of aliphatic hydroxyl groups excluding tert-OH is 1. The van der Waals surface area contributed by atoms with Gasteiger partial charge >= 0.3 is 11.8 Å². The Balaban J connectivity index is 1.70. The van der Waals surface area contributed by atoms with Gasteiger partial charge < -0.3 is 20.2 Å². The van der Waals surface area contributed by atoms with E-state index in [9.17, 15) is 20.0 Å². The van der Waals surface area contributed by atoms with Crippen LogP contribution in [0.5, 0.6) is 0 Å². The van der Waals surface area contributed by atoms with E-state index in [1.54, 1.807) is 6.92 Å². The topological polar surface area (TPSA) is 110 Å². The van der Waals surface area contributed by atoms with Gasteiger partial charge in [-0.05, 0) is 50.7 Å². The third kappa shape index (κ3) is 4.09. The van der Waals surface area contributed by atoms with Crippen molar-refractivity contribution in [3.63, 3.8) is 0 Å². The minimum atomic E-state index is -0.699. The third-order valence-corrected chi connectivity index (χ3v) is 5.43. The molecule has 2 heterocycles. The molecular formula is C20H27N5O3. The number of hydrogen-bond acceptors (Lipinski definition) is 6. The Morgan fingerprint density at radius 3 is 2.46 bits per heavy atom. The predicted molar refractivity (Wildman–Crippen MR) is 104 cm³/mol. The van der Waals surface area contributed by atoms with Gasteiger partial charge in [0.05, 0.1) is 11.7 Å². The van der Waals surface area contributed by atoms with Crippen LogP contribution >= 0.6 is 0 Å². The van der Waals surface area contributed by atoms with Gasteiger partial charge in [-0.25, -0.2) is 4.98 Å². The second-order valence-corrected chi connectivity index (χ2v) is 7.51. The van der Waals surface area contributed by atoms with E-state index in [0.717, 1.165) is 36.9 Å². The lowest BCUT2D eigenvalue weighted by atomic mass is 9.88. The number of aryl methyl sites for hydroxylation is 1. The molecule has 28 heavy (non-hydrogen) atoms. The third-order valence-electron chi connectivity index (χ3n) is 5.43. The Labute approximate surface area is 165 Å². The summed E-state index contributed by atoms with van der Waals surface area (Å²) in [7, 11) is 0. The largest absolute Gasteiger partial charge is 0.392 e. The highest BCUT2D eigenvalue weighted by Crippen LogP contribution is 2.32. The number of amides is 2. The highest BCUT2D eigenvalue weighted by molar-refractivity contribution is 6.35. The van der Waals surface area contributed by atoms with Crippen molar-refractivity contribution in [2.45, 2.75) is 45.6 Å².